The van der Waals surface area contributed by atoms with E-state index in [0.29, 0.717) is 13.0 Å². The molecule has 1 saturated carbocycles. The minimum Gasteiger partial charge on any atom is -0.393 e. The molecular formula is C8H18N2O3S. The van der Waals surface area contributed by atoms with Crippen LogP contribution >= 0.6 is 0 Å². The van der Waals surface area contributed by atoms with Gasteiger partial charge in [0, 0.05) is 13.6 Å². The van der Waals surface area contributed by atoms with Crippen molar-refractivity contribution in [2.45, 2.75) is 31.8 Å². The van der Waals surface area contributed by atoms with E-state index in [1.54, 1.807) is 0 Å². The molecule has 1 rings (SSSR count). The molecule has 0 aromatic rings. The predicted octanol–water partition coefficient (Wildman–Crippen LogP) is -0.409. The van der Waals surface area contributed by atoms with Crippen molar-refractivity contribution < 1.29 is 13.5 Å². The summed E-state index contributed by atoms with van der Waals surface area (Å²) in [5, 5.41) is 9.37. The summed E-state index contributed by atoms with van der Waals surface area (Å²) in [5.41, 5.74) is 0. The van der Waals surface area contributed by atoms with Crippen LogP contribution in [0, 0.1) is 5.92 Å². The molecule has 0 spiro atoms. The van der Waals surface area contributed by atoms with Crippen molar-refractivity contribution in [2.75, 3.05) is 13.6 Å². The van der Waals surface area contributed by atoms with Crippen molar-refractivity contribution in [3.05, 3.63) is 0 Å². The lowest BCUT2D eigenvalue weighted by Gasteiger charge is -2.25. The molecular weight excluding hydrogens is 204 g/mol. The van der Waals surface area contributed by atoms with Gasteiger partial charge in [0.25, 0.3) is 10.2 Å². The summed E-state index contributed by atoms with van der Waals surface area (Å²) in [6.07, 6.45) is 3.26. The van der Waals surface area contributed by atoms with Gasteiger partial charge in [-0.3, -0.25) is 0 Å². The first-order valence-corrected chi connectivity index (χ1v) is 6.38. The van der Waals surface area contributed by atoms with Gasteiger partial charge in [0.1, 0.15) is 0 Å². The summed E-state index contributed by atoms with van der Waals surface area (Å²) in [6, 6.07) is 0. The van der Waals surface area contributed by atoms with E-state index in [0.717, 1.165) is 19.3 Å². The topological polar surface area (TPSA) is 78.4 Å². The lowest BCUT2D eigenvalue weighted by molar-refractivity contribution is 0.102. The molecule has 2 unspecified atom stereocenters. The minimum absolute atomic E-state index is 0.257. The van der Waals surface area contributed by atoms with Crippen LogP contribution in [0.2, 0.25) is 0 Å². The fourth-order valence-electron chi connectivity index (χ4n) is 1.75. The number of hydrogen-bond acceptors (Lipinski definition) is 3. The van der Waals surface area contributed by atoms with E-state index >= 15 is 0 Å². The molecule has 0 bridgehead atoms. The maximum atomic E-state index is 11.0. The molecule has 1 fully saturated rings. The molecule has 0 amide bonds. The van der Waals surface area contributed by atoms with E-state index in [9.17, 15) is 13.5 Å². The van der Waals surface area contributed by atoms with E-state index in [1.165, 1.54) is 7.05 Å². The Morgan fingerprint density at radius 1 is 1.43 bits per heavy atom. The third-order valence-electron chi connectivity index (χ3n) is 2.59. The Morgan fingerprint density at radius 3 is 2.71 bits per heavy atom. The largest absolute Gasteiger partial charge is 0.393 e. The molecule has 0 heterocycles. The van der Waals surface area contributed by atoms with Gasteiger partial charge in [-0.2, -0.15) is 8.42 Å². The smallest absolute Gasteiger partial charge is 0.276 e. The summed E-state index contributed by atoms with van der Waals surface area (Å²) >= 11 is 0. The zero-order chi connectivity index (χ0) is 10.6. The third kappa shape index (κ3) is 3.91. The normalized spacial score (nSPS) is 29.0. The first-order valence-electron chi connectivity index (χ1n) is 4.89. The second kappa shape index (κ2) is 5.06. The van der Waals surface area contributed by atoms with Gasteiger partial charge in [-0.05, 0) is 25.2 Å². The summed E-state index contributed by atoms with van der Waals surface area (Å²) in [7, 11) is -1.94. The first-order chi connectivity index (χ1) is 6.53. The molecule has 0 aromatic heterocycles. The molecule has 1 aliphatic carbocycles. The van der Waals surface area contributed by atoms with Gasteiger partial charge in [0.05, 0.1) is 6.10 Å². The van der Waals surface area contributed by atoms with Crippen LogP contribution in [0.5, 0.6) is 0 Å². The Balaban J connectivity index is 2.31. The molecule has 1 aliphatic rings. The maximum absolute atomic E-state index is 11.0. The van der Waals surface area contributed by atoms with Crippen LogP contribution in [-0.4, -0.2) is 33.2 Å². The third-order valence-corrected chi connectivity index (χ3v) is 3.67. The Hall–Kier alpha value is -0.170. The molecule has 14 heavy (non-hydrogen) atoms. The summed E-state index contributed by atoms with van der Waals surface area (Å²) in [5.74, 6) is 0.266. The van der Waals surface area contributed by atoms with Gasteiger partial charge in [-0.1, -0.05) is 6.42 Å². The Kier molecular flexibility index (Phi) is 4.31. The van der Waals surface area contributed by atoms with Gasteiger partial charge in [0.2, 0.25) is 0 Å². The Morgan fingerprint density at radius 2 is 2.14 bits per heavy atom. The highest BCUT2D eigenvalue weighted by Gasteiger charge is 2.21. The van der Waals surface area contributed by atoms with Crippen LogP contribution in [0.4, 0.5) is 0 Å². The molecule has 2 atom stereocenters. The van der Waals surface area contributed by atoms with Gasteiger partial charge < -0.3 is 5.11 Å². The second-order valence-corrected chi connectivity index (χ2v) is 5.45. The second-order valence-electron chi connectivity index (χ2n) is 3.74. The van der Waals surface area contributed by atoms with Crippen molar-refractivity contribution in [1.82, 2.24) is 9.44 Å². The number of hydrogen-bond donors (Lipinski definition) is 3. The monoisotopic (exact) mass is 222 g/mol. The van der Waals surface area contributed by atoms with Crippen LogP contribution < -0.4 is 9.44 Å². The first kappa shape index (κ1) is 11.9. The Labute approximate surface area is 85.1 Å². The molecule has 0 saturated heterocycles. The van der Waals surface area contributed by atoms with Crippen molar-refractivity contribution in [2.24, 2.45) is 5.92 Å². The molecule has 84 valence electrons. The fourth-order valence-corrected chi connectivity index (χ4v) is 2.35. The SMILES string of the molecule is CNS(=O)(=O)NCC1CCCC(O)C1. The van der Waals surface area contributed by atoms with Crippen LogP contribution in [0.25, 0.3) is 0 Å². The lowest BCUT2D eigenvalue weighted by atomic mass is 9.87. The van der Waals surface area contributed by atoms with Crippen molar-refractivity contribution in [3.8, 4) is 0 Å². The number of aliphatic hydroxyl groups is 1. The fraction of sp³-hybridized carbons (Fsp3) is 1.00. The van der Waals surface area contributed by atoms with Crippen LogP contribution in [0.1, 0.15) is 25.7 Å². The van der Waals surface area contributed by atoms with Gasteiger partial charge >= 0.3 is 0 Å². The van der Waals surface area contributed by atoms with Crippen LogP contribution in [0.15, 0.2) is 0 Å². The molecule has 0 aromatic carbocycles. The van der Waals surface area contributed by atoms with Gasteiger partial charge in [0.15, 0.2) is 0 Å². The van der Waals surface area contributed by atoms with E-state index in [2.05, 4.69) is 9.44 Å². The van der Waals surface area contributed by atoms with E-state index < -0.39 is 10.2 Å². The van der Waals surface area contributed by atoms with Crippen molar-refractivity contribution >= 4 is 10.2 Å². The molecule has 0 aliphatic heterocycles. The summed E-state index contributed by atoms with van der Waals surface area (Å²) in [6.45, 7) is 0.417. The van der Waals surface area contributed by atoms with Crippen molar-refractivity contribution in [3.63, 3.8) is 0 Å². The molecule has 3 N–H and O–H groups in total. The standard InChI is InChI=1S/C8H18N2O3S/c1-9-14(12,13)10-6-7-3-2-4-8(11)5-7/h7-11H,2-6H2,1H3. The molecule has 6 heteroatoms. The highest BCUT2D eigenvalue weighted by molar-refractivity contribution is 7.87. The van der Waals surface area contributed by atoms with Gasteiger partial charge in [-0.25, -0.2) is 9.44 Å². The number of aliphatic hydroxyl groups excluding tert-OH is 1. The number of nitrogens with one attached hydrogen (secondary N) is 2. The number of rotatable bonds is 4. The van der Waals surface area contributed by atoms with Crippen LogP contribution in [0.3, 0.4) is 0 Å². The van der Waals surface area contributed by atoms with E-state index in [-0.39, 0.29) is 12.0 Å². The summed E-state index contributed by atoms with van der Waals surface area (Å²) in [4.78, 5) is 0. The average Bonchev–Trinajstić information content (AvgIpc) is 2.15. The van der Waals surface area contributed by atoms with E-state index in [1.807, 2.05) is 0 Å². The average molecular weight is 222 g/mol. The van der Waals surface area contributed by atoms with Crippen molar-refractivity contribution in [1.29, 1.82) is 0 Å². The highest BCUT2D eigenvalue weighted by atomic mass is 32.2. The lowest BCUT2D eigenvalue weighted by Crippen LogP contribution is -2.38. The summed E-state index contributed by atoms with van der Waals surface area (Å²) < 4.78 is 26.7. The quantitative estimate of drug-likeness (QED) is 0.605. The zero-order valence-corrected chi connectivity index (χ0v) is 9.18. The maximum Gasteiger partial charge on any atom is 0.276 e. The minimum atomic E-state index is -3.32. The van der Waals surface area contributed by atoms with Crippen LogP contribution in [-0.2, 0) is 10.2 Å². The zero-order valence-electron chi connectivity index (χ0n) is 8.36. The molecule has 5 nitrogen and oxygen atoms in total. The highest BCUT2D eigenvalue weighted by Crippen LogP contribution is 2.23. The van der Waals surface area contributed by atoms with E-state index in [4.69, 9.17) is 0 Å². The van der Waals surface area contributed by atoms with Gasteiger partial charge in [-0.15, -0.1) is 0 Å². The Bertz CT molecular complexity index is 266. The predicted molar refractivity (Wildman–Crippen MR) is 53.9 cm³/mol. The molecule has 0 radical (unpaired) electrons.